The second-order valence-electron chi connectivity index (χ2n) is 5.95. The lowest BCUT2D eigenvalue weighted by molar-refractivity contribution is 0.599. The van der Waals surface area contributed by atoms with E-state index >= 15 is 0 Å². The van der Waals surface area contributed by atoms with Crippen molar-refractivity contribution in [2.24, 2.45) is 0 Å². The molecule has 0 amide bonds. The molecule has 1 atom stereocenters. The first-order valence-corrected chi connectivity index (χ1v) is 9.91. The minimum atomic E-state index is -2.92. The molecule has 0 radical (unpaired) electrons. The Morgan fingerprint density at radius 1 is 1.21 bits per heavy atom. The van der Waals surface area contributed by atoms with E-state index in [1.807, 2.05) is 55.3 Å². The Balaban J connectivity index is 1.86. The number of sulfone groups is 1. The average molecular weight is 346 g/mol. The first-order chi connectivity index (χ1) is 11.5. The molecule has 128 valence electrons. The van der Waals surface area contributed by atoms with Crippen molar-refractivity contribution < 1.29 is 8.42 Å². The fourth-order valence-electron chi connectivity index (χ4n) is 3.06. The lowest BCUT2D eigenvalue weighted by atomic mass is 10.2. The highest BCUT2D eigenvalue weighted by atomic mass is 32.2. The number of rotatable bonds is 5. The Bertz CT molecular complexity index is 795. The van der Waals surface area contributed by atoms with Gasteiger partial charge in [-0.05, 0) is 31.5 Å². The van der Waals surface area contributed by atoms with Gasteiger partial charge in [-0.15, -0.1) is 0 Å². The van der Waals surface area contributed by atoms with Crippen LogP contribution in [0, 0.1) is 0 Å². The zero-order valence-electron chi connectivity index (χ0n) is 14.0. The molecule has 6 nitrogen and oxygen atoms in total. The van der Waals surface area contributed by atoms with Crippen molar-refractivity contribution in [3.63, 3.8) is 0 Å². The van der Waals surface area contributed by atoms with Gasteiger partial charge in [-0.3, -0.25) is 0 Å². The summed E-state index contributed by atoms with van der Waals surface area (Å²) in [5.41, 5.74) is 1.00. The molecule has 0 aliphatic carbocycles. The van der Waals surface area contributed by atoms with E-state index in [4.69, 9.17) is 0 Å². The topological polar surface area (TPSA) is 66.4 Å². The van der Waals surface area contributed by atoms with Crippen LogP contribution in [-0.2, 0) is 9.84 Å². The molecule has 0 saturated carbocycles. The number of benzene rings is 1. The number of hydrogen-bond donors (Lipinski definition) is 0. The van der Waals surface area contributed by atoms with Crippen molar-refractivity contribution in [1.82, 2.24) is 9.97 Å². The van der Waals surface area contributed by atoms with Crippen molar-refractivity contribution in [2.75, 3.05) is 34.9 Å². The van der Waals surface area contributed by atoms with Crippen LogP contribution >= 0.6 is 0 Å². The summed E-state index contributed by atoms with van der Waals surface area (Å²) in [5.74, 6) is 1.83. The smallest absolute Gasteiger partial charge is 0.231 e. The molecule has 3 rings (SSSR count). The van der Waals surface area contributed by atoms with Crippen LogP contribution in [0.3, 0.4) is 0 Å². The van der Waals surface area contributed by atoms with Crippen LogP contribution in [0.1, 0.15) is 13.3 Å². The zero-order chi connectivity index (χ0) is 17.2. The molecular weight excluding hydrogens is 324 g/mol. The van der Waals surface area contributed by atoms with Crippen LogP contribution < -0.4 is 9.80 Å². The maximum atomic E-state index is 11.8. The maximum absolute atomic E-state index is 11.8. The molecule has 1 aliphatic heterocycles. The summed E-state index contributed by atoms with van der Waals surface area (Å²) in [4.78, 5) is 13.0. The van der Waals surface area contributed by atoms with Gasteiger partial charge in [0.25, 0.3) is 0 Å². The Hall–Kier alpha value is -2.15. The Morgan fingerprint density at radius 3 is 2.58 bits per heavy atom. The monoisotopic (exact) mass is 346 g/mol. The van der Waals surface area contributed by atoms with Crippen LogP contribution in [-0.4, -0.2) is 49.5 Å². The highest BCUT2D eigenvalue weighted by molar-refractivity contribution is 7.91. The molecule has 0 bridgehead atoms. The predicted octanol–water partition coefficient (Wildman–Crippen LogP) is 2.26. The molecule has 7 heteroatoms. The van der Waals surface area contributed by atoms with E-state index in [0.717, 1.165) is 11.5 Å². The molecule has 2 aromatic rings. The molecule has 0 N–H and O–H groups in total. The van der Waals surface area contributed by atoms with Gasteiger partial charge in [0.05, 0.1) is 11.5 Å². The Labute approximate surface area is 143 Å². The molecule has 1 aromatic heterocycles. The van der Waals surface area contributed by atoms with Crippen LogP contribution in [0.15, 0.2) is 42.6 Å². The fourth-order valence-corrected chi connectivity index (χ4v) is 4.79. The first-order valence-electron chi connectivity index (χ1n) is 8.09. The van der Waals surface area contributed by atoms with Crippen LogP contribution in [0.2, 0.25) is 0 Å². The fraction of sp³-hybridized carbons (Fsp3) is 0.412. The van der Waals surface area contributed by atoms with Gasteiger partial charge in [0.2, 0.25) is 5.95 Å². The standard InChI is InChI=1S/C17H22N4O2S/c1-3-21(15-10-12-24(22,23)13-15)16-9-11-18-17(19-16)20(2)14-7-5-4-6-8-14/h4-9,11,15H,3,10,12-13H2,1-2H3. The SMILES string of the molecule is CCN(c1ccnc(N(C)c2ccccc2)n1)C1CCS(=O)(=O)C1. The van der Waals surface area contributed by atoms with Gasteiger partial charge in [-0.25, -0.2) is 13.4 Å². The molecule has 1 saturated heterocycles. The van der Waals surface area contributed by atoms with Gasteiger partial charge in [-0.2, -0.15) is 4.98 Å². The summed E-state index contributed by atoms with van der Waals surface area (Å²) in [7, 11) is -1.00. The second-order valence-corrected chi connectivity index (χ2v) is 8.18. The van der Waals surface area contributed by atoms with E-state index in [2.05, 4.69) is 14.9 Å². The van der Waals surface area contributed by atoms with E-state index < -0.39 is 9.84 Å². The van der Waals surface area contributed by atoms with E-state index in [-0.39, 0.29) is 17.5 Å². The van der Waals surface area contributed by atoms with Crippen LogP contribution in [0.25, 0.3) is 0 Å². The van der Waals surface area contributed by atoms with Crippen molar-refractivity contribution in [3.05, 3.63) is 42.6 Å². The average Bonchev–Trinajstić information content (AvgIpc) is 2.95. The molecule has 1 aliphatic rings. The van der Waals surface area contributed by atoms with Gasteiger partial charge in [0.15, 0.2) is 9.84 Å². The summed E-state index contributed by atoms with van der Waals surface area (Å²) in [6.45, 7) is 2.74. The number of para-hydroxylation sites is 1. The highest BCUT2D eigenvalue weighted by Crippen LogP contribution is 2.25. The number of anilines is 3. The van der Waals surface area contributed by atoms with Crippen molar-refractivity contribution in [3.8, 4) is 0 Å². The molecule has 1 fully saturated rings. The van der Waals surface area contributed by atoms with Crippen LogP contribution in [0.5, 0.6) is 0 Å². The molecule has 0 spiro atoms. The lowest BCUT2D eigenvalue weighted by Gasteiger charge is -2.28. The highest BCUT2D eigenvalue weighted by Gasteiger charge is 2.32. The predicted molar refractivity (Wildman–Crippen MR) is 96.6 cm³/mol. The third-order valence-corrected chi connectivity index (χ3v) is 6.11. The van der Waals surface area contributed by atoms with Crippen molar-refractivity contribution >= 4 is 27.3 Å². The Morgan fingerprint density at radius 2 is 1.96 bits per heavy atom. The largest absolute Gasteiger partial charge is 0.353 e. The second kappa shape index (κ2) is 6.76. The zero-order valence-corrected chi connectivity index (χ0v) is 14.8. The lowest BCUT2D eigenvalue weighted by Crippen LogP contribution is -2.37. The summed E-state index contributed by atoms with van der Waals surface area (Å²) < 4.78 is 23.6. The van der Waals surface area contributed by atoms with E-state index in [0.29, 0.717) is 18.9 Å². The van der Waals surface area contributed by atoms with Crippen molar-refractivity contribution in [2.45, 2.75) is 19.4 Å². The maximum Gasteiger partial charge on any atom is 0.231 e. The quantitative estimate of drug-likeness (QED) is 0.827. The number of aromatic nitrogens is 2. The van der Waals surface area contributed by atoms with E-state index in [9.17, 15) is 8.42 Å². The van der Waals surface area contributed by atoms with Gasteiger partial charge >= 0.3 is 0 Å². The molecule has 1 aromatic carbocycles. The Kier molecular flexibility index (Phi) is 4.71. The first kappa shape index (κ1) is 16.7. The minimum absolute atomic E-state index is 0.00946. The molecule has 2 heterocycles. The summed E-state index contributed by atoms with van der Waals surface area (Å²) in [6.07, 6.45) is 2.38. The minimum Gasteiger partial charge on any atom is -0.353 e. The number of hydrogen-bond acceptors (Lipinski definition) is 6. The van der Waals surface area contributed by atoms with E-state index in [1.165, 1.54) is 0 Å². The van der Waals surface area contributed by atoms with Gasteiger partial charge in [-0.1, -0.05) is 18.2 Å². The van der Waals surface area contributed by atoms with Gasteiger partial charge < -0.3 is 9.80 Å². The van der Waals surface area contributed by atoms with E-state index in [1.54, 1.807) is 6.20 Å². The normalized spacial score (nSPS) is 19.2. The third kappa shape index (κ3) is 3.51. The third-order valence-electron chi connectivity index (χ3n) is 4.36. The molecule has 1 unspecified atom stereocenters. The van der Waals surface area contributed by atoms with Gasteiger partial charge in [0.1, 0.15) is 5.82 Å². The van der Waals surface area contributed by atoms with Crippen molar-refractivity contribution in [1.29, 1.82) is 0 Å². The summed E-state index contributed by atoms with van der Waals surface area (Å²) in [6, 6.07) is 11.7. The van der Waals surface area contributed by atoms with Gasteiger partial charge in [0, 0.05) is 31.5 Å². The molecule has 24 heavy (non-hydrogen) atoms. The number of nitrogens with zero attached hydrogens (tertiary/aromatic N) is 4. The summed E-state index contributed by atoms with van der Waals surface area (Å²) >= 11 is 0. The molecular formula is C17H22N4O2S. The summed E-state index contributed by atoms with van der Waals surface area (Å²) in [5, 5.41) is 0. The van der Waals surface area contributed by atoms with Crippen LogP contribution in [0.4, 0.5) is 17.5 Å².